The zero-order valence-electron chi connectivity index (χ0n) is 22.0. The Morgan fingerprint density at radius 3 is 2.58 bits per heavy atom. The van der Waals surface area contributed by atoms with Gasteiger partial charge in [-0.3, -0.25) is 18.8 Å². The van der Waals surface area contributed by atoms with Gasteiger partial charge in [-0.1, -0.05) is 12.1 Å². The highest BCUT2D eigenvalue weighted by Crippen LogP contribution is 2.34. The van der Waals surface area contributed by atoms with Gasteiger partial charge in [-0.2, -0.15) is 0 Å². The molecule has 0 saturated heterocycles. The smallest absolute Gasteiger partial charge is 0.309 e. The van der Waals surface area contributed by atoms with Gasteiger partial charge in [0.15, 0.2) is 4.96 Å². The monoisotopic (exact) mass is 566 g/mol. The van der Waals surface area contributed by atoms with Crippen LogP contribution in [-0.4, -0.2) is 39.8 Å². The molecule has 4 aromatic rings. The zero-order chi connectivity index (χ0) is 28.4. The van der Waals surface area contributed by atoms with Crippen molar-refractivity contribution in [3.05, 3.63) is 76.4 Å². The van der Waals surface area contributed by atoms with Gasteiger partial charge in [0, 0.05) is 40.5 Å². The normalized spacial score (nSPS) is 15.3. The number of amides is 2. The van der Waals surface area contributed by atoms with Crippen LogP contribution in [0.4, 0.5) is 14.5 Å². The molecule has 0 radical (unpaired) electrons. The number of anilines is 1. The van der Waals surface area contributed by atoms with E-state index in [-0.39, 0.29) is 23.9 Å². The van der Waals surface area contributed by atoms with Gasteiger partial charge in [-0.25, -0.2) is 13.8 Å². The molecule has 0 aliphatic heterocycles. The molecule has 0 spiro atoms. The van der Waals surface area contributed by atoms with E-state index in [0.29, 0.717) is 18.7 Å². The molecule has 0 fully saturated rings. The standard InChI is InChI=1S/C29H28F2N4O4S/c1-3-39-28(38)19-6-9-25-24(13-19)35-15-23(34-29(35)40-25)18-4-7-22(8-5-18)33-27(37)16(2)32-26(36)12-17-10-20(30)14-21(31)11-17/h4-5,7-8,10-11,14-16,19H,3,6,9,12-13H2,1-2H3,(H,32,36)(H,33,37)/t16-,19?/m0/s1. The van der Waals surface area contributed by atoms with Gasteiger partial charge in [0.25, 0.3) is 0 Å². The van der Waals surface area contributed by atoms with Crippen LogP contribution in [0.2, 0.25) is 0 Å². The van der Waals surface area contributed by atoms with E-state index in [9.17, 15) is 23.2 Å². The summed E-state index contributed by atoms with van der Waals surface area (Å²) in [6.45, 7) is 3.71. The number of fused-ring (bicyclic) bond motifs is 3. The van der Waals surface area contributed by atoms with Crippen LogP contribution in [0.25, 0.3) is 16.2 Å². The molecule has 40 heavy (non-hydrogen) atoms. The summed E-state index contributed by atoms with van der Waals surface area (Å²) >= 11 is 1.63. The third kappa shape index (κ3) is 6.04. The lowest BCUT2D eigenvalue weighted by atomic mass is 9.91. The van der Waals surface area contributed by atoms with Gasteiger partial charge < -0.3 is 15.4 Å². The van der Waals surface area contributed by atoms with Gasteiger partial charge in [-0.05, 0) is 56.5 Å². The molecule has 2 N–H and O–H groups in total. The fourth-order valence-electron chi connectivity index (χ4n) is 4.81. The third-order valence-corrected chi connectivity index (χ3v) is 7.94. The summed E-state index contributed by atoms with van der Waals surface area (Å²) in [7, 11) is 0. The SMILES string of the molecule is CCOC(=O)C1CCc2sc3nc(-c4ccc(NC(=O)[C@H](C)NC(=O)Cc5cc(F)cc(F)c5)cc4)cn3c2C1. The molecule has 208 valence electrons. The van der Waals surface area contributed by atoms with Crippen LogP contribution in [0, 0.1) is 17.6 Å². The Morgan fingerprint density at radius 2 is 1.88 bits per heavy atom. The minimum atomic E-state index is -0.866. The van der Waals surface area contributed by atoms with Crippen LogP contribution in [0.5, 0.6) is 0 Å². The lowest BCUT2D eigenvalue weighted by Gasteiger charge is -2.20. The first-order chi connectivity index (χ1) is 19.2. The summed E-state index contributed by atoms with van der Waals surface area (Å²) in [4.78, 5) is 44.0. The molecule has 8 nitrogen and oxygen atoms in total. The van der Waals surface area contributed by atoms with E-state index in [0.717, 1.165) is 53.0 Å². The molecule has 5 rings (SSSR count). The van der Waals surface area contributed by atoms with Crippen LogP contribution >= 0.6 is 11.3 Å². The number of nitrogens with one attached hydrogen (secondary N) is 2. The number of aryl methyl sites for hydroxylation is 1. The Kier molecular flexibility index (Phi) is 7.92. The summed E-state index contributed by atoms with van der Waals surface area (Å²) in [5.74, 6) is -2.80. The van der Waals surface area contributed by atoms with Gasteiger partial charge >= 0.3 is 5.97 Å². The topological polar surface area (TPSA) is 102 Å². The molecular formula is C29H28F2N4O4S. The van der Waals surface area contributed by atoms with Crippen molar-refractivity contribution in [2.45, 2.75) is 45.6 Å². The summed E-state index contributed by atoms with van der Waals surface area (Å²) < 4.78 is 34.0. The van der Waals surface area contributed by atoms with Crippen molar-refractivity contribution in [1.29, 1.82) is 0 Å². The minimum Gasteiger partial charge on any atom is -0.466 e. The molecule has 2 aromatic carbocycles. The van der Waals surface area contributed by atoms with E-state index >= 15 is 0 Å². The van der Waals surface area contributed by atoms with Gasteiger partial charge in [0.1, 0.15) is 17.7 Å². The van der Waals surface area contributed by atoms with Crippen LogP contribution in [-0.2, 0) is 38.4 Å². The molecule has 2 heterocycles. The first kappa shape index (κ1) is 27.4. The highest BCUT2D eigenvalue weighted by molar-refractivity contribution is 7.17. The molecule has 2 amide bonds. The minimum absolute atomic E-state index is 0.143. The number of nitrogens with zero attached hydrogens (tertiary/aromatic N) is 2. The molecule has 0 saturated carbocycles. The lowest BCUT2D eigenvalue weighted by molar-refractivity contribution is -0.148. The number of aromatic nitrogens is 2. The van der Waals surface area contributed by atoms with Crippen LogP contribution < -0.4 is 10.6 Å². The predicted octanol–water partition coefficient (Wildman–Crippen LogP) is 4.69. The fourth-order valence-corrected chi connectivity index (χ4v) is 5.96. The second-order valence-corrected chi connectivity index (χ2v) is 10.8. The largest absolute Gasteiger partial charge is 0.466 e. The first-order valence-electron chi connectivity index (χ1n) is 13.0. The number of ether oxygens (including phenoxy) is 1. The van der Waals surface area contributed by atoms with Gasteiger partial charge in [0.05, 0.1) is 24.6 Å². The van der Waals surface area contributed by atoms with E-state index in [4.69, 9.17) is 9.72 Å². The first-order valence-corrected chi connectivity index (χ1v) is 13.8. The highest BCUT2D eigenvalue weighted by Gasteiger charge is 2.29. The van der Waals surface area contributed by atoms with Crippen molar-refractivity contribution >= 4 is 39.8 Å². The molecule has 2 aromatic heterocycles. The van der Waals surface area contributed by atoms with Crippen molar-refractivity contribution in [2.24, 2.45) is 5.92 Å². The average molecular weight is 567 g/mol. The summed E-state index contributed by atoms with van der Waals surface area (Å²) in [6.07, 6.45) is 3.95. The Hall–Kier alpha value is -4.12. The number of imidazole rings is 1. The Balaban J connectivity index is 1.20. The number of hydrogen-bond donors (Lipinski definition) is 2. The molecule has 2 atom stereocenters. The van der Waals surface area contributed by atoms with Crippen LogP contribution in [0.15, 0.2) is 48.7 Å². The average Bonchev–Trinajstić information content (AvgIpc) is 3.46. The summed E-state index contributed by atoms with van der Waals surface area (Å²) in [6, 6.07) is 9.20. The molecule has 0 bridgehead atoms. The Morgan fingerprint density at radius 1 is 1.15 bits per heavy atom. The second kappa shape index (κ2) is 11.5. The number of benzene rings is 2. The fraction of sp³-hybridized carbons (Fsp3) is 0.310. The molecule has 1 aliphatic rings. The van der Waals surface area contributed by atoms with Crippen molar-refractivity contribution in [3.63, 3.8) is 0 Å². The number of hydrogen-bond acceptors (Lipinski definition) is 6. The van der Waals surface area contributed by atoms with E-state index in [1.165, 1.54) is 11.8 Å². The van der Waals surface area contributed by atoms with Crippen molar-refractivity contribution in [1.82, 2.24) is 14.7 Å². The molecule has 1 unspecified atom stereocenters. The second-order valence-electron chi connectivity index (χ2n) is 9.75. The maximum Gasteiger partial charge on any atom is 0.309 e. The molecule has 11 heteroatoms. The lowest BCUT2D eigenvalue weighted by Crippen LogP contribution is -2.42. The van der Waals surface area contributed by atoms with Gasteiger partial charge in [-0.15, -0.1) is 11.3 Å². The maximum atomic E-state index is 13.4. The predicted molar refractivity (Wildman–Crippen MR) is 147 cm³/mol. The molecular weight excluding hydrogens is 538 g/mol. The van der Waals surface area contributed by atoms with E-state index in [1.807, 2.05) is 25.3 Å². The summed E-state index contributed by atoms with van der Waals surface area (Å²) in [5.41, 5.74) is 3.46. The number of carbonyl (C=O) groups is 3. The third-order valence-electron chi connectivity index (χ3n) is 6.79. The van der Waals surface area contributed by atoms with Crippen molar-refractivity contribution < 1.29 is 27.9 Å². The zero-order valence-corrected chi connectivity index (χ0v) is 22.8. The van der Waals surface area contributed by atoms with Crippen molar-refractivity contribution in [2.75, 3.05) is 11.9 Å². The number of halogens is 2. The van der Waals surface area contributed by atoms with Gasteiger partial charge in [0.2, 0.25) is 11.8 Å². The van der Waals surface area contributed by atoms with Crippen LogP contribution in [0.1, 0.15) is 36.4 Å². The number of esters is 1. The quantitative estimate of drug-likeness (QED) is 0.301. The number of rotatable bonds is 8. The van der Waals surface area contributed by atoms with E-state index < -0.39 is 29.5 Å². The number of thiazole rings is 1. The number of carbonyl (C=O) groups excluding carboxylic acids is 3. The van der Waals surface area contributed by atoms with E-state index in [2.05, 4.69) is 15.0 Å². The van der Waals surface area contributed by atoms with Crippen molar-refractivity contribution in [3.8, 4) is 11.3 Å². The Labute approximate surface area is 233 Å². The highest BCUT2D eigenvalue weighted by atomic mass is 32.1. The maximum absolute atomic E-state index is 13.4. The van der Waals surface area contributed by atoms with E-state index in [1.54, 1.807) is 23.5 Å². The Bertz CT molecular complexity index is 1560. The van der Waals surface area contributed by atoms with Crippen LogP contribution in [0.3, 0.4) is 0 Å². The summed E-state index contributed by atoms with van der Waals surface area (Å²) in [5, 5.41) is 5.30. The molecule has 1 aliphatic carbocycles.